The predicted molar refractivity (Wildman–Crippen MR) is 62.1 cm³/mol. The van der Waals surface area contributed by atoms with Crippen LogP contribution >= 0.6 is 0 Å². The predicted octanol–water partition coefficient (Wildman–Crippen LogP) is 3.25. The van der Waals surface area contributed by atoms with Gasteiger partial charge in [0.1, 0.15) is 17.2 Å². The van der Waals surface area contributed by atoms with E-state index in [1.54, 1.807) is 18.2 Å². The Bertz CT molecular complexity index is 474. The van der Waals surface area contributed by atoms with E-state index in [9.17, 15) is 5.11 Å². The number of oxazole rings is 1. The van der Waals surface area contributed by atoms with E-state index in [1.807, 2.05) is 6.07 Å². The lowest BCUT2D eigenvalue weighted by Crippen LogP contribution is -1.94. The van der Waals surface area contributed by atoms with Crippen LogP contribution < -0.4 is 0 Å². The summed E-state index contributed by atoms with van der Waals surface area (Å²) in [6.45, 7) is 4.27. The highest BCUT2D eigenvalue weighted by atomic mass is 16.3. The normalized spacial score (nSPS) is 10.9. The van der Waals surface area contributed by atoms with Crippen molar-refractivity contribution < 1.29 is 9.52 Å². The summed E-state index contributed by atoms with van der Waals surface area (Å²) in [5, 5.41) is 9.43. The van der Waals surface area contributed by atoms with Crippen LogP contribution in [0, 0.1) is 5.92 Å². The van der Waals surface area contributed by atoms with Crippen molar-refractivity contribution in [2.24, 2.45) is 5.92 Å². The van der Waals surface area contributed by atoms with Gasteiger partial charge in [-0.25, -0.2) is 4.98 Å². The second-order valence-corrected chi connectivity index (χ2v) is 4.27. The van der Waals surface area contributed by atoms with Crippen LogP contribution in [0.2, 0.25) is 0 Å². The molecular weight excluding hydrogens is 202 g/mol. The SMILES string of the molecule is CC(C)Cc1ocnc1-c1cccc(O)c1. The maximum absolute atomic E-state index is 9.43. The zero-order valence-corrected chi connectivity index (χ0v) is 9.47. The topological polar surface area (TPSA) is 46.3 Å². The second kappa shape index (κ2) is 4.39. The number of aromatic hydroxyl groups is 1. The van der Waals surface area contributed by atoms with Crippen LogP contribution in [0.5, 0.6) is 5.75 Å². The fraction of sp³-hybridized carbons (Fsp3) is 0.308. The largest absolute Gasteiger partial charge is 0.508 e. The molecule has 0 radical (unpaired) electrons. The van der Waals surface area contributed by atoms with Gasteiger partial charge in [-0.1, -0.05) is 26.0 Å². The Morgan fingerprint density at radius 1 is 1.38 bits per heavy atom. The van der Waals surface area contributed by atoms with Crippen LogP contribution in [0.4, 0.5) is 0 Å². The van der Waals surface area contributed by atoms with E-state index in [4.69, 9.17) is 4.42 Å². The molecule has 0 atom stereocenters. The lowest BCUT2D eigenvalue weighted by atomic mass is 10.0. The first-order valence-corrected chi connectivity index (χ1v) is 5.38. The summed E-state index contributed by atoms with van der Waals surface area (Å²) >= 11 is 0. The molecule has 0 aliphatic rings. The molecule has 0 spiro atoms. The van der Waals surface area contributed by atoms with Gasteiger partial charge in [0.25, 0.3) is 0 Å². The number of nitrogens with zero attached hydrogens (tertiary/aromatic N) is 1. The van der Waals surface area contributed by atoms with Crippen LogP contribution in [0.3, 0.4) is 0 Å². The van der Waals surface area contributed by atoms with Crippen molar-refractivity contribution >= 4 is 0 Å². The van der Waals surface area contributed by atoms with Gasteiger partial charge in [-0.05, 0) is 18.1 Å². The highest BCUT2D eigenvalue weighted by Gasteiger charge is 2.12. The molecule has 0 unspecified atom stereocenters. The molecule has 0 saturated carbocycles. The van der Waals surface area contributed by atoms with E-state index >= 15 is 0 Å². The quantitative estimate of drug-likeness (QED) is 0.858. The monoisotopic (exact) mass is 217 g/mol. The average Bonchev–Trinajstić information content (AvgIpc) is 2.65. The average molecular weight is 217 g/mol. The molecule has 0 saturated heterocycles. The van der Waals surface area contributed by atoms with Crippen LogP contribution in [-0.4, -0.2) is 10.1 Å². The molecule has 0 fully saturated rings. The number of phenols is 1. The first kappa shape index (κ1) is 10.7. The van der Waals surface area contributed by atoms with E-state index in [0.29, 0.717) is 5.92 Å². The molecule has 16 heavy (non-hydrogen) atoms. The number of aromatic nitrogens is 1. The van der Waals surface area contributed by atoms with Gasteiger partial charge in [0.05, 0.1) is 0 Å². The van der Waals surface area contributed by atoms with Crippen molar-refractivity contribution in [1.29, 1.82) is 0 Å². The maximum Gasteiger partial charge on any atom is 0.181 e. The standard InChI is InChI=1S/C13H15NO2/c1-9(2)6-12-13(14-8-16-12)10-4-3-5-11(15)7-10/h3-5,7-9,15H,6H2,1-2H3. The second-order valence-electron chi connectivity index (χ2n) is 4.27. The first-order valence-electron chi connectivity index (χ1n) is 5.38. The van der Waals surface area contributed by atoms with Crippen LogP contribution in [-0.2, 0) is 6.42 Å². The van der Waals surface area contributed by atoms with Gasteiger partial charge >= 0.3 is 0 Å². The molecule has 0 aliphatic carbocycles. The Hall–Kier alpha value is -1.77. The van der Waals surface area contributed by atoms with Crippen molar-refractivity contribution in [1.82, 2.24) is 4.98 Å². The van der Waals surface area contributed by atoms with E-state index in [-0.39, 0.29) is 5.75 Å². The summed E-state index contributed by atoms with van der Waals surface area (Å²) in [6.07, 6.45) is 2.31. The van der Waals surface area contributed by atoms with Gasteiger partial charge in [0.15, 0.2) is 6.39 Å². The molecule has 1 aromatic heterocycles. The number of hydrogen-bond acceptors (Lipinski definition) is 3. The molecule has 84 valence electrons. The Kier molecular flexibility index (Phi) is 2.95. The van der Waals surface area contributed by atoms with Gasteiger partial charge < -0.3 is 9.52 Å². The number of rotatable bonds is 3. The molecule has 3 nitrogen and oxygen atoms in total. The summed E-state index contributed by atoms with van der Waals surface area (Å²) in [4.78, 5) is 4.20. The Morgan fingerprint density at radius 3 is 2.88 bits per heavy atom. The van der Waals surface area contributed by atoms with E-state index in [1.165, 1.54) is 6.39 Å². The fourth-order valence-electron chi connectivity index (χ4n) is 1.67. The Balaban J connectivity index is 2.37. The molecule has 0 bridgehead atoms. The fourth-order valence-corrected chi connectivity index (χ4v) is 1.67. The lowest BCUT2D eigenvalue weighted by Gasteiger charge is -2.04. The zero-order valence-electron chi connectivity index (χ0n) is 9.47. The van der Waals surface area contributed by atoms with Crippen molar-refractivity contribution in [2.45, 2.75) is 20.3 Å². The minimum absolute atomic E-state index is 0.246. The van der Waals surface area contributed by atoms with Crippen molar-refractivity contribution in [3.63, 3.8) is 0 Å². The van der Waals surface area contributed by atoms with Gasteiger partial charge in [-0.2, -0.15) is 0 Å². The summed E-state index contributed by atoms with van der Waals surface area (Å²) in [6, 6.07) is 7.06. The number of phenolic OH excluding ortho intramolecular Hbond substituents is 1. The highest BCUT2D eigenvalue weighted by molar-refractivity contribution is 5.62. The summed E-state index contributed by atoms with van der Waals surface area (Å²) < 4.78 is 5.38. The van der Waals surface area contributed by atoms with Crippen LogP contribution in [0.1, 0.15) is 19.6 Å². The van der Waals surface area contributed by atoms with Gasteiger partial charge in [-0.15, -0.1) is 0 Å². The van der Waals surface area contributed by atoms with Crippen molar-refractivity contribution in [2.75, 3.05) is 0 Å². The molecule has 2 aromatic rings. The molecule has 0 aliphatic heterocycles. The zero-order chi connectivity index (χ0) is 11.5. The van der Waals surface area contributed by atoms with Crippen LogP contribution in [0.25, 0.3) is 11.3 Å². The van der Waals surface area contributed by atoms with Crippen molar-refractivity contribution in [3.8, 4) is 17.0 Å². The van der Waals surface area contributed by atoms with Gasteiger partial charge in [0.2, 0.25) is 0 Å². The third-order valence-electron chi connectivity index (χ3n) is 2.35. The van der Waals surface area contributed by atoms with Gasteiger partial charge in [-0.3, -0.25) is 0 Å². The Morgan fingerprint density at radius 2 is 2.19 bits per heavy atom. The highest BCUT2D eigenvalue weighted by Crippen LogP contribution is 2.26. The molecule has 3 heteroatoms. The molecule has 1 aromatic carbocycles. The summed E-state index contributed by atoms with van der Waals surface area (Å²) in [7, 11) is 0. The lowest BCUT2D eigenvalue weighted by molar-refractivity contribution is 0.469. The van der Waals surface area contributed by atoms with Gasteiger partial charge in [0, 0.05) is 12.0 Å². The molecule has 1 heterocycles. The minimum Gasteiger partial charge on any atom is -0.508 e. The van der Waals surface area contributed by atoms with Crippen molar-refractivity contribution in [3.05, 3.63) is 36.4 Å². The molecule has 2 rings (SSSR count). The van der Waals surface area contributed by atoms with E-state index in [0.717, 1.165) is 23.4 Å². The molecule has 0 amide bonds. The minimum atomic E-state index is 0.246. The summed E-state index contributed by atoms with van der Waals surface area (Å²) in [5.74, 6) is 1.64. The Labute approximate surface area is 94.8 Å². The van der Waals surface area contributed by atoms with Crippen LogP contribution in [0.15, 0.2) is 35.1 Å². The summed E-state index contributed by atoms with van der Waals surface area (Å²) in [5.41, 5.74) is 1.72. The third kappa shape index (κ3) is 2.24. The first-order chi connectivity index (χ1) is 7.66. The number of benzene rings is 1. The smallest absolute Gasteiger partial charge is 0.181 e. The number of hydrogen-bond donors (Lipinski definition) is 1. The maximum atomic E-state index is 9.43. The third-order valence-corrected chi connectivity index (χ3v) is 2.35. The van der Waals surface area contributed by atoms with E-state index in [2.05, 4.69) is 18.8 Å². The van der Waals surface area contributed by atoms with E-state index < -0.39 is 0 Å². The molecule has 1 N–H and O–H groups in total. The molecular formula is C13H15NO2.